The fourth-order valence-corrected chi connectivity index (χ4v) is 2.18. The van der Waals surface area contributed by atoms with Crippen LogP contribution in [0.25, 0.3) is 16.7 Å². The minimum atomic E-state index is 0.612. The van der Waals surface area contributed by atoms with Gasteiger partial charge in [0.1, 0.15) is 35.8 Å². The Labute approximate surface area is 124 Å². The van der Waals surface area contributed by atoms with Gasteiger partial charge in [0.15, 0.2) is 11.5 Å². The van der Waals surface area contributed by atoms with Crippen LogP contribution in [-0.2, 0) is 0 Å². The van der Waals surface area contributed by atoms with E-state index in [0.717, 1.165) is 11.4 Å². The molecule has 0 aliphatic rings. The molecule has 1 N–H and O–H groups in total. The topological polar surface area (TPSA) is 90.1 Å². The maximum Gasteiger partial charge on any atom is 0.185 e. The maximum absolute atomic E-state index is 5.15. The fourth-order valence-electron chi connectivity index (χ4n) is 2.18. The third-order valence-corrected chi connectivity index (χ3v) is 3.26. The fraction of sp³-hybridized carbons (Fsp3) is 0.0714. The van der Waals surface area contributed by atoms with Crippen LogP contribution in [-0.4, -0.2) is 36.7 Å². The Balaban J connectivity index is 1.80. The smallest absolute Gasteiger partial charge is 0.185 e. The number of fused-ring (bicyclic) bond motifs is 3. The molecule has 0 amide bonds. The SMILES string of the molecule is COc1ccc(Nc2ncnc3c2ncn2ncnc32)cc1. The normalized spacial score (nSPS) is 11.0. The molecule has 8 heteroatoms. The van der Waals surface area contributed by atoms with E-state index in [4.69, 9.17) is 4.74 Å². The van der Waals surface area contributed by atoms with Gasteiger partial charge in [-0.05, 0) is 24.3 Å². The molecule has 0 bridgehead atoms. The number of rotatable bonds is 3. The van der Waals surface area contributed by atoms with Gasteiger partial charge >= 0.3 is 0 Å². The Bertz CT molecular complexity index is 948. The molecule has 0 radical (unpaired) electrons. The van der Waals surface area contributed by atoms with Crippen LogP contribution in [0.1, 0.15) is 0 Å². The van der Waals surface area contributed by atoms with Crippen LogP contribution in [0.15, 0.2) is 43.2 Å². The van der Waals surface area contributed by atoms with Crippen molar-refractivity contribution in [2.75, 3.05) is 12.4 Å². The van der Waals surface area contributed by atoms with Crippen LogP contribution < -0.4 is 10.1 Å². The molecule has 0 aliphatic carbocycles. The van der Waals surface area contributed by atoms with Crippen molar-refractivity contribution >= 4 is 28.2 Å². The molecule has 1 aromatic carbocycles. The number of benzene rings is 1. The lowest BCUT2D eigenvalue weighted by atomic mass is 10.3. The Morgan fingerprint density at radius 3 is 2.64 bits per heavy atom. The van der Waals surface area contributed by atoms with E-state index in [-0.39, 0.29) is 0 Å². The van der Waals surface area contributed by atoms with Crippen molar-refractivity contribution in [3.8, 4) is 5.75 Å². The zero-order valence-corrected chi connectivity index (χ0v) is 11.6. The predicted molar refractivity (Wildman–Crippen MR) is 80.2 cm³/mol. The highest BCUT2D eigenvalue weighted by Crippen LogP contribution is 2.23. The van der Waals surface area contributed by atoms with E-state index in [1.165, 1.54) is 12.7 Å². The first kappa shape index (κ1) is 12.5. The highest BCUT2D eigenvalue weighted by molar-refractivity contribution is 5.94. The average molecular weight is 293 g/mol. The number of hydrogen-bond acceptors (Lipinski definition) is 7. The second kappa shape index (κ2) is 4.92. The zero-order chi connectivity index (χ0) is 14.9. The summed E-state index contributed by atoms with van der Waals surface area (Å²) in [7, 11) is 1.63. The van der Waals surface area contributed by atoms with Crippen molar-refractivity contribution in [1.82, 2.24) is 29.5 Å². The van der Waals surface area contributed by atoms with Crippen molar-refractivity contribution in [3.05, 3.63) is 43.2 Å². The van der Waals surface area contributed by atoms with Gasteiger partial charge in [0.25, 0.3) is 0 Å². The third-order valence-electron chi connectivity index (χ3n) is 3.26. The van der Waals surface area contributed by atoms with Crippen molar-refractivity contribution in [3.63, 3.8) is 0 Å². The summed E-state index contributed by atoms with van der Waals surface area (Å²) >= 11 is 0. The van der Waals surface area contributed by atoms with Gasteiger partial charge in [-0.25, -0.2) is 24.5 Å². The Kier molecular flexibility index (Phi) is 2.78. The second-order valence-electron chi connectivity index (χ2n) is 4.55. The summed E-state index contributed by atoms with van der Waals surface area (Å²) in [5.74, 6) is 1.40. The van der Waals surface area contributed by atoms with Crippen LogP contribution in [0.5, 0.6) is 5.75 Å². The maximum atomic E-state index is 5.15. The molecule has 3 aromatic heterocycles. The van der Waals surface area contributed by atoms with E-state index in [9.17, 15) is 0 Å². The molecule has 0 spiro atoms. The minimum absolute atomic E-state index is 0.612. The molecule has 22 heavy (non-hydrogen) atoms. The van der Waals surface area contributed by atoms with E-state index in [1.54, 1.807) is 18.0 Å². The van der Waals surface area contributed by atoms with Gasteiger partial charge in [0.2, 0.25) is 0 Å². The molecular weight excluding hydrogens is 282 g/mol. The molecule has 0 aliphatic heterocycles. The van der Waals surface area contributed by atoms with Crippen molar-refractivity contribution in [2.45, 2.75) is 0 Å². The number of anilines is 2. The lowest BCUT2D eigenvalue weighted by Crippen LogP contribution is -2.00. The van der Waals surface area contributed by atoms with Gasteiger partial charge < -0.3 is 10.1 Å². The van der Waals surface area contributed by atoms with Gasteiger partial charge in [0.05, 0.1) is 7.11 Å². The number of hydrogen-bond donors (Lipinski definition) is 1. The monoisotopic (exact) mass is 293 g/mol. The lowest BCUT2D eigenvalue weighted by molar-refractivity contribution is 0.415. The molecule has 108 valence electrons. The van der Waals surface area contributed by atoms with Gasteiger partial charge in [-0.1, -0.05) is 0 Å². The van der Waals surface area contributed by atoms with Gasteiger partial charge in [-0.15, -0.1) is 0 Å². The van der Waals surface area contributed by atoms with E-state index in [0.29, 0.717) is 22.5 Å². The number of methoxy groups -OCH3 is 1. The summed E-state index contributed by atoms with van der Waals surface area (Å²) in [5.41, 5.74) is 2.80. The molecule has 0 saturated heterocycles. The third kappa shape index (κ3) is 1.97. The van der Waals surface area contributed by atoms with Crippen LogP contribution in [0.3, 0.4) is 0 Å². The number of ether oxygens (including phenoxy) is 1. The molecule has 4 aromatic rings. The van der Waals surface area contributed by atoms with Gasteiger partial charge in [0, 0.05) is 5.69 Å². The van der Waals surface area contributed by atoms with Crippen molar-refractivity contribution in [2.24, 2.45) is 0 Å². The highest BCUT2D eigenvalue weighted by Gasteiger charge is 2.10. The minimum Gasteiger partial charge on any atom is -0.497 e. The first-order chi connectivity index (χ1) is 10.8. The van der Waals surface area contributed by atoms with E-state index < -0.39 is 0 Å². The van der Waals surface area contributed by atoms with Gasteiger partial charge in [-0.2, -0.15) is 5.10 Å². The van der Waals surface area contributed by atoms with Gasteiger partial charge in [-0.3, -0.25) is 0 Å². The first-order valence-electron chi connectivity index (χ1n) is 6.55. The van der Waals surface area contributed by atoms with Crippen LogP contribution in [0.2, 0.25) is 0 Å². The quantitative estimate of drug-likeness (QED) is 0.616. The summed E-state index contributed by atoms with van der Waals surface area (Å²) in [6.07, 6.45) is 4.53. The molecule has 4 rings (SSSR count). The van der Waals surface area contributed by atoms with Crippen molar-refractivity contribution < 1.29 is 4.74 Å². The summed E-state index contributed by atoms with van der Waals surface area (Å²) in [5, 5.41) is 7.28. The Morgan fingerprint density at radius 1 is 0.955 bits per heavy atom. The van der Waals surface area contributed by atoms with Crippen molar-refractivity contribution in [1.29, 1.82) is 0 Å². The highest BCUT2D eigenvalue weighted by atomic mass is 16.5. The van der Waals surface area contributed by atoms with Crippen LogP contribution in [0.4, 0.5) is 11.5 Å². The molecule has 0 unspecified atom stereocenters. The lowest BCUT2D eigenvalue weighted by Gasteiger charge is -2.08. The molecule has 0 saturated carbocycles. The summed E-state index contributed by atoms with van der Waals surface area (Å²) in [4.78, 5) is 17.1. The number of aromatic nitrogens is 6. The predicted octanol–water partition coefficient (Wildman–Crippen LogP) is 1.82. The Morgan fingerprint density at radius 2 is 1.82 bits per heavy atom. The standard InChI is InChI=1S/C14H11N7O/c1-22-10-4-2-9(3-5-10)20-13-11-12(15-6-16-13)14-17-7-19-21(14)8-18-11/h2-8H,1H3,(H,15,16,20). The van der Waals surface area contributed by atoms with E-state index >= 15 is 0 Å². The first-order valence-corrected chi connectivity index (χ1v) is 6.55. The molecule has 0 atom stereocenters. The molecule has 8 nitrogen and oxygen atoms in total. The molecule has 3 heterocycles. The average Bonchev–Trinajstić information content (AvgIpc) is 3.05. The number of nitrogens with one attached hydrogen (secondary N) is 1. The summed E-state index contributed by atoms with van der Waals surface area (Å²) < 4.78 is 6.72. The largest absolute Gasteiger partial charge is 0.497 e. The summed E-state index contributed by atoms with van der Waals surface area (Å²) in [6.45, 7) is 0. The summed E-state index contributed by atoms with van der Waals surface area (Å²) in [6, 6.07) is 7.55. The molecule has 0 fully saturated rings. The van der Waals surface area contributed by atoms with Crippen LogP contribution in [0, 0.1) is 0 Å². The molecular formula is C14H11N7O. The second-order valence-corrected chi connectivity index (χ2v) is 4.55. The Hall–Kier alpha value is -3.29. The number of nitrogens with zero attached hydrogens (tertiary/aromatic N) is 6. The zero-order valence-electron chi connectivity index (χ0n) is 11.6. The van der Waals surface area contributed by atoms with E-state index in [2.05, 4.69) is 30.4 Å². The van der Waals surface area contributed by atoms with E-state index in [1.807, 2.05) is 24.3 Å². The van der Waals surface area contributed by atoms with Crippen LogP contribution >= 0.6 is 0 Å².